The fraction of sp³-hybridized carbons (Fsp3) is 0.786. The Hall–Kier alpha value is -0.630. The summed E-state index contributed by atoms with van der Waals surface area (Å²) in [4.78, 5) is 11.8. The third-order valence-corrected chi connectivity index (χ3v) is 5.43. The van der Waals surface area contributed by atoms with Crippen LogP contribution in [0, 0.1) is 16.7 Å². The molecule has 3 aliphatic rings. The molecule has 88 valence electrons. The fourth-order valence-electron chi connectivity index (χ4n) is 4.46. The van der Waals surface area contributed by atoms with E-state index in [0.717, 1.165) is 12.8 Å². The first kappa shape index (κ1) is 10.5. The Bertz CT molecular complexity index is 380. The van der Waals surface area contributed by atoms with Gasteiger partial charge < -0.3 is 5.11 Å². The van der Waals surface area contributed by atoms with Crippen LogP contribution in [0.1, 0.15) is 46.0 Å². The lowest BCUT2D eigenvalue weighted by Crippen LogP contribution is -2.37. The van der Waals surface area contributed by atoms with Crippen LogP contribution in [0.5, 0.6) is 0 Å². The highest BCUT2D eigenvalue weighted by Gasteiger charge is 2.61. The summed E-state index contributed by atoms with van der Waals surface area (Å²) in [5, 5.41) is 10.3. The van der Waals surface area contributed by atoms with Gasteiger partial charge in [0.05, 0.1) is 6.10 Å². The van der Waals surface area contributed by atoms with Gasteiger partial charge in [0.1, 0.15) is 0 Å². The summed E-state index contributed by atoms with van der Waals surface area (Å²) in [5.41, 5.74) is 1.43. The van der Waals surface area contributed by atoms with Gasteiger partial charge in [-0.2, -0.15) is 0 Å². The van der Waals surface area contributed by atoms with Gasteiger partial charge in [-0.1, -0.05) is 19.4 Å². The van der Waals surface area contributed by atoms with Crippen LogP contribution >= 0.6 is 0 Å². The minimum atomic E-state index is -0.245. The number of hydrogen-bond donors (Lipinski definition) is 1. The summed E-state index contributed by atoms with van der Waals surface area (Å²) in [6.45, 7) is 4.26. The highest BCUT2D eigenvalue weighted by molar-refractivity contribution is 5.92. The Morgan fingerprint density at radius 2 is 2.19 bits per heavy atom. The molecule has 3 aliphatic carbocycles. The van der Waals surface area contributed by atoms with Gasteiger partial charge in [0.25, 0.3) is 0 Å². The Balaban J connectivity index is 2.12. The minimum absolute atomic E-state index is 0.0977. The number of allylic oxidation sites excluding steroid dienone is 2. The second-order valence-corrected chi connectivity index (χ2v) is 6.44. The number of aliphatic hydroxyl groups excluding tert-OH is 1. The Morgan fingerprint density at radius 3 is 2.94 bits per heavy atom. The molecule has 0 heterocycles. The fourth-order valence-corrected chi connectivity index (χ4v) is 4.46. The maximum absolute atomic E-state index is 11.8. The van der Waals surface area contributed by atoms with E-state index in [0.29, 0.717) is 12.3 Å². The predicted octanol–water partition coefficient (Wildman–Crippen LogP) is 2.46. The molecule has 1 spiro atoms. The van der Waals surface area contributed by atoms with Crippen molar-refractivity contribution in [1.82, 2.24) is 0 Å². The highest BCUT2D eigenvalue weighted by atomic mass is 16.3. The van der Waals surface area contributed by atoms with Crippen molar-refractivity contribution in [2.45, 2.75) is 52.1 Å². The number of carbonyl (C=O) groups excluding carboxylic acids is 1. The summed E-state index contributed by atoms with van der Waals surface area (Å²) in [6.07, 6.45) is 6.61. The Labute approximate surface area is 96.7 Å². The second kappa shape index (κ2) is 2.98. The van der Waals surface area contributed by atoms with Gasteiger partial charge >= 0.3 is 0 Å². The lowest BCUT2D eigenvalue weighted by atomic mass is 9.63. The van der Waals surface area contributed by atoms with E-state index in [-0.39, 0.29) is 22.7 Å². The van der Waals surface area contributed by atoms with Crippen molar-refractivity contribution in [3.63, 3.8) is 0 Å². The molecule has 0 bridgehead atoms. The SMILES string of the molecule is CC1(C)C(O)C[C@]23CCCC2=CC(=O)C[C@H]13. The van der Waals surface area contributed by atoms with Crippen molar-refractivity contribution in [1.29, 1.82) is 0 Å². The molecule has 0 aliphatic heterocycles. The average molecular weight is 220 g/mol. The first-order valence-corrected chi connectivity index (χ1v) is 6.39. The van der Waals surface area contributed by atoms with Crippen molar-refractivity contribution >= 4 is 5.78 Å². The number of carbonyl (C=O) groups is 1. The third-order valence-electron chi connectivity index (χ3n) is 5.43. The van der Waals surface area contributed by atoms with Crippen LogP contribution < -0.4 is 0 Å². The monoisotopic (exact) mass is 220 g/mol. The van der Waals surface area contributed by atoms with E-state index in [9.17, 15) is 9.90 Å². The van der Waals surface area contributed by atoms with Crippen LogP contribution in [0.2, 0.25) is 0 Å². The van der Waals surface area contributed by atoms with Crippen LogP contribution in [0.3, 0.4) is 0 Å². The lowest BCUT2D eigenvalue weighted by molar-refractivity contribution is -0.118. The zero-order valence-corrected chi connectivity index (χ0v) is 10.1. The van der Waals surface area contributed by atoms with Gasteiger partial charge in [-0.15, -0.1) is 0 Å². The largest absolute Gasteiger partial charge is 0.393 e. The topological polar surface area (TPSA) is 37.3 Å². The molecule has 2 saturated carbocycles. The molecule has 0 radical (unpaired) electrons. The number of hydrogen-bond acceptors (Lipinski definition) is 2. The summed E-state index contributed by atoms with van der Waals surface area (Å²) in [7, 11) is 0. The van der Waals surface area contributed by atoms with Gasteiger partial charge in [0.2, 0.25) is 0 Å². The maximum atomic E-state index is 11.8. The molecule has 0 amide bonds. The van der Waals surface area contributed by atoms with E-state index < -0.39 is 0 Å². The van der Waals surface area contributed by atoms with E-state index in [4.69, 9.17) is 0 Å². The van der Waals surface area contributed by atoms with E-state index >= 15 is 0 Å². The quantitative estimate of drug-likeness (QED) is 0.681. The summed E-state index contributed by atoms with van der Waals surface area (Å²) < 4.78 is 0. The molecule has 0 saturated heterocycles. The molecular weight excluding hydrogens is 200 g/mol. The standard InChI is InChI=1S/C14H20O2/c1-13(2)11-7-10(15)6-9-4-3-5-14(9,11)8-12(13)16/h6,11-12,16H,3-5,7-8H2,1-2H3/t11-,12?,14-/m1/s1. The molecule has 1 N–H and O–H groups in total. The second-order valence-electron chi connectivity index (χ2n) is 6.44. The first-order valence-electron chi connectivity index (χ1n) is 6.39. The van der Waals surface area contributed by atoms with Gasteiger partial charge in [-0.3, -0.25) is 4.79 Å². The van der Waals surface area contributed by atoms with Crippen LogP contribution in [0.15, 0.2) is 11.6 Å². The van der Waals surface area contributed by atoms with Crippen molar-refractivity contribution < 1.29 is 9.90 Å². The Morgan fingerprint density at radius 1 is 1.44 bits per heavy atom. The van der Waals surface area contributed by atoms with Crippen molar-refractivity contribution in [2.24, 2.45) is 16.7 Å². The molecule has 2 fully saturated rings. The maximum Gasteiger partial charge on any atom is 0.155 e. The lowest BCUT2D eigenvalue weighted by Gasteiger charge is -2.40. The first-order chi connectivity index (χ1) is 7.47. The third kappa shape index (κ3) is 1.09. The molecule has 16 heavy (non-hydrogen) atoms. The minimum Gasteiger partial charge on any atom is -0.393 e. The molecule has 0 aromatic carbocycles. The van der Waals surface area contributed by atoms with Crippen LogP contribution in [0.4, 0.5) is 0 Å². The zero-order chi connectivity index (χ0) is 11.6. The summed E-state index contributed by atoms with van der Waals surface area (Å²) >= 11 is 0. The van der Waals surface area contributed by atoms with Crippen molar-refractivity contribution in [3.05, 3.63) is 11.6 Å². The average Bonchev–Trinajstić information content (AvgIpc) is 2.66. The van der Waals surface area contributed by atoms with Crippen LogP contribution in [-0.4, -0.2) is 17.0 Å². The molecule has 0 aromatic rings. The van der Waals surface area contributed by atoms with E-state index in [2.05, 4.69) is 13.8 Å². The zero-order valence-electron chi connectivity index (χ0n) is 10.1. The Kier molecular flexibility index (Phi) is 1.96. The van der Waals surface area contributed by atoms with Gasteiger partial charge in [-0.05, 0) is 48.5 Å². The molecule has 3 atom stereocenters. The molecular formula is C14H20O2. The molecule has 2 nitrogen and oxygen atoms in total. The van der Waals surface area contributed by atoms with Gasteiger partial charge in [0, 0.05) is 6.42 Å². The molecule has 0 aromatic heterocycles. The number of rotatable bonds is 0. The summed E-state index contributed by atoms with van der Waals surface area (Å²) in [6, 6.07) is 0. The van der Waals surface area contributed by atoms with Crippen LogP contribution in [-0.2, 0) is 4.79 Å². The summed E-state index contributed by atoms with van der Waals surface area (Å²) in [5.74, 6) is 0.643. The molecule has 2 heteroatoms. The van der Waals surface area contributed by atoms with E-state index in [1.54, 1.807) is 0 Å². The van der Waals surface area contributed by atoms with Crippen molar-refractivity contribution in [3.8, 4) is 0 Å². The van der Waals surface area contributed by atoms with E-state index in [1.807, 2.05) is 6.08 Å². The normalized spacial score (nSPS) is 45.2. The number of ketones is 1. The highest BCUT2D eigenvalue weighted by Crippen LogP contribution is 2.65. The molecule has 1 unspecified atom stereocenters. The van der Waals surface area contributed by atoms with Gasteiger partial charge in [-0.25, -0.2) is 0 Å². The van der Waals surface area contributed by atoms with Crippen molar-refractivity contribution in [2.75, 3.05) is 0 Å². The predicted molar refractivity (Wildman–Crippen MR) is 61.9 cm³/mol. The number of aliphatic hydroxyl groups is 1. The van der Waals surface area contributed by atoms with Gasteiger partial charge in [0.15, 0.2) is 5.78 Å². The van der Waals surface area contributed by atoms with E-state index in [1.165, 1.54) is 18.4 Å². The smallest absolute Gasteiger partial charge is 0.155 e. The van der Waals surface area contributed by atoms with Crippen LogP contribution in [0.25, 0.3) is 0 Å². The molecule has 3 rings (SSSR count).